The summed E-state index contributed by atoms with van der Waals surface area (Å²) in [7, 11) is 0. The molecule has 3 heterocycles. The predicted molar refractivity (Wildman–Crippen MR) is 250 cm³/mol. The van der Waals surface area contributed by atoms with Crippen LogP contribution in [0.3, 0.4) is 0 Å². The molecule has 0 atom stereocenters. The Bertz CT molecular complexity index is 2400. The number of ether oxygens (including phenoxy) is 3. The Labute approximate surface area is 377 Å². The zero-order valence-corrected chi connectivity index (χ0v) is 38.2. The third-order valence-corrected chi connectivity index (χ3v) is 12.7. The van der Waals surface area contributed by atoms with Crippen molar-refractivity contribution >= 4 is 40.6 Å². The molecule has 4 aliphatic rings. The largest absolute Gasteiger partial charge is 0.481 e. The molecule has 3 aromatic carbocycles. The SMILES string of the molecule is CCCN1C(=CC=C2CCCC(C=CC3=[N+](CCC)c4ccccc4C3(C)C)=C2Oc2ccc(N(CC(=O)O)CC(=O)O)c(OCC(=O)N3CCOCC3)c2)C(C)(C)c2ccccc21. The topological polar surface area (TPSA) is 132 Å². The Hall–Kier alpha value is -6.14. The minimum absolute atomic E-state index is 0.139. The van der Waals surface area contributed by atoms with Gasteiger partial charge in [0.2, 0.25) is 5.69 Å². The predicted octanol–water partition coefficient (Wildman–Crippen LogP) is 8.78. The molecular weight excluding hydrogens is 809 g/mol. The molecule has 1 amide bonds. The van der Waals surface area contributed by atoms with Crippen molar-refractivity contribution in [1.82, 2.24) is 4.90 Å². The number of nitrogens with zero attached hydrogens (tertiary/aromatic N) is 4. The third kappa shape index (κ3) is 9.67. The lowest BCUT2D eigenvalue weighted by atomic mass is 9.81. The maximum Gasteiger partial charge on any atom is 0.323 e. The number of rotatable bonds is 17. The number of anilines is 2. The van der Waals surface area contributed by atoms with Crippen LogP contribution in [0.1, 0.15) is 84.8 Å². The number of morpholine rings is 1. The summed E-state index contributed by atoms with van der Waals surface area (Å²) >= 11 is 0. The van der Waals surface area contributed by atoms with Crippen LogP contribution in [0.15, 0.2) is 114 Å². The van der Waals surface area contributed by atoms with Crippen molar-refractivity contribution in [3.8, 4) is 11.5 Å². The molecule has 0 unspecified atom stereocenters. The number of hydrogen-bond donors (Lipinski definition) is 2. The lowest BCUT2D eigenvalue weighted by Gasteiger charge is -2.28. The molecule has 0 radical (unpaired) electrons. The minimum atomic E-state index is -1.21. The fourth-order valence-corrected chi connectivity index (χ4v) is 9.57. The van der Waals surface area contributed by atoms with Gasteiger partial charge in [0.1, 0.15) is 36.9 Å². The molecule has 7 rings (SSSR count). The summed E-state index contributed by atoms with van der Waals surface area (Å²) in [4.78, 5) is 42.6. The zero-order valence-electron chi connectivity index (χ0n) is 38.2. The van der Waals surface area contributed by atoms with Crippen LogP contribution >= 0.6 is 0 Å². The average molecular weight is 872 g/mol. The number of carboxylic acids is 2. The molecule has 338 valence electrons. The van der Waals surface area contributed by atoms with Gasteiger partial charge in [-0.3, -0.25) is 14.4 Å². The highest BCUT2D eigenvalue weighted by Gasteiger charge is 2.44. The number of aliphatic carboxylic acids is 2. The van der Waals surface area contributed by atoms with Crippen LogP contribution in [0, 0.1) is 0 Å². The number of carboxylic acid groups (broad SMARTS) is 2. The number of benzene rings is 3. The summed E-state index contributed by atoms with van der Waals surface area (Å²) in [5, 5.41) is 19.6. The molecule has 3 aliphatic heterocycles. The Morgan fingerprint density at radius 1 is 0.844 bits per heavy atom. The van der Waals surface area contributed by atoms with E-state index < -0.39 is 25.0 Å². The Kier molecular flexibility index (Phi) is 14.1. The molecule has 0 bridgehead atoms. The molecule has 1 saturated heterocycles. The van der Waals surface area contributed by atoms with Gasteiger partial charge >= 0.3 is 11.9 Å². The fraction of sp³-hybridized carbons (Fsp3) is 0.423. The summed E-state index contributed by atoms with van der Waals surface area (Å²) in [5.41, 5.74) is 9.28. The average Bonchev–Trinajstić information content (AvgIpc) is 3.62. The molecule has 64 heavy (non-hydrogen) atoms. The van der Waals surface area contributed by atoms with E-state index >= 15 is 0 Å². The van der Waals surface area contributed by atoms with Gasteiger partial charge in [0.05, 0.1) is 24.3 Å². The van der Waals surface area contributed by atoms with Crippen molar-refractivity contribution in [2.24, 2.45) is 0 Å². The highest BCUT2D eigenvalue weighted by atomic mass is 16.5. The number of amides is 1. The molecule has 3 aromatic rings. The summed E-state index contributed by atoms with van der Waals surface area (Å²) in [6, 6.07) is 22.2. The van der Waals surface area contributed by atoms with Crippen LogP contribution in [0.4, 0.5) is 17.1 Å². The molecule has 12 heteroatoms. The summed E-state index contributed by atoms with van der Waals surface area (Å²) in [6.45, 7) is 15.5. The van der Waals surface area contributed by atoms with Gasteiger partial charge in [-0.25, -0.2) is 0 Å². The second kappa shape index (κ2) is 19.7. The van der Waals surface area contributed by atoms with Crippen molar-refractivity contribution in [2.45, 2.75) is 84.5 Å². The first kappa shape index (κ1) is 45.9. The van der Waals surface area contributed by atoms with Crippen LogP contribution in [0.5, 0.6) is 11.5 Å². The Morgan fingerprint density at radius 2 is 1.55 bits per heavy atom. The van der Waals surface area contributed by atoms with Gasteiger partial charge in [0, 0.05) is 66.6 Å². The van der Waals surface area contributed by atoms with E-state index in [1.54, 1.807) is 23.1 Å². The Morgan fingerprint density at radius 3 is 2.25 bits per heavy atom. The highest BCUT2D eigenvalue weighted by Crippen LogP contribution is 2.48. The van der Waals surface area contributed by atoms with Crippen molar-refractivity contribution in [2.75, 3.05) is 68.9 Å². The first-order chi connectivity index (χ1) is 30.7. The monoisotopic (exact) mass is 871 g/mol. The molecule has 1 fully saturated rings. The van der Waals surface area contributed by atoms with Gasteiger partial charge in [-0.2, -0.15) is 4.58 Å². The van der Waals surface area contributed by atoms with Gasteiger partial charge in [-0.1, -0.05) is 70.2 Å². The maximum absolute atomic E-state index is 13.3. The van der Waals surface area contributed by atoms with Crippen LogP contribution in [0.25, 0.3) is 0 Å². The number of carbonyl (C=O) groups is 3. The van der Waals surface area contributed by atoms with Crippen LogP contribution in [-0.4, -0.2) is 102 Å². The quantitative estimate of drug-likeness (QED) is 0.127. The third-order valence-electron chi connectivity index (χ3n) is 12.7. The van der Waals surface area contributed by atoms with Gasteiger partial charge in [0.25, 0.3) is 5.91 Å². The number of para-hydroxylation sites is 2. The summed E-state index contributed by atoms with van der Waals surface area (Å²) in [6.07, 6.45) is 13.3. The van der Waals surface area contributed by atoms with Crippen LogP contribution < -0.4 is 19.3 Å². The van der Waals surface area contributed by atoms with E-state index in [2.05, 4.69) is 124 Å². The number of carbonyl (C=O) groups excluding carboxylic acids is 1. The van der Waals surface area contributed by atoms with Gasteiger partial charge in [-0.15, -0.1) is 0 Å². The van der Waals surface area contributed by atoms with E-state index in [9.17, 15) is 24.6 Å². The summed E-state index contributed by atoms with van der Waals surface area (Å²) in [5.74, 6) is -1.43. The van der Waals surface area contributed by atoms with E-state index in [1.165, 1.54) is 38.8 Å². The van der Waals surface area contributed by atoms with Gasteiger partial charge < -0.3 is 39.1 Å². The van der Waals surface area contributed by atoms with Crippen LogP contribution in [-0.2, 0) is 30.0 Å². The number of allylic oxidation sites excluding steroid dienone is 7. The molecule has 12 nitrogen and oxygen atoms in total. The van der Waals surface area contributed by atoms with E-state index in [0.717, 1.165) is 56.3 Å². The molecule has 2 N–H and O–H groups in total. The standard InChI is InChI=1S/C52H62N4O8/c1-7-26-55-41-18-11-9-16-39(41)51(3,4)45(55)24-20-36-14-13-15-37(21-25-46-52(5,6)40-17-10-12-19-42(40)56(46)27-8-2)50(36)64-38-22-23-43(54(33-48(58)59)34-49(60)61)44(32-38)63-35-47(57)53-28-30-62-31-29-53/h9-12,16-25,32H,7-8,13-15,26-31,33-35H2,1-6H3,(H-,58,59,60,61)/p+1. The zero-order chi connectivity index (χ0) is 45.6. The van der Waals surface area contributed by atoms with Crippen molar-refractivity contribution < 1.29 is 43.4 Å². The molecular formula is C52H63N4O8+. The number of hydrogen-bond acceptors (Lipinski definition) is 8. The van der Waals surface area contributed by atoms with Crippen LogP contribution in [0.2, 0.25) is 0 Å². The van der Waals surface area contributed by atoms with E-state index in [4.69, 9.17) is 14.2 Å². The highest BCUT2D eigenvalue weighted by molar-refractivity contribution is 6.03. The van der Waals surface area contributed by atoms with Crippen molar-refractivity contribution in [3.05, 3.63) is 125 Å². The van der Waals surface area contributed by atoms with E-state index in [-0.39, 0.29) is 34.8 Å². The molecule has 1 aliphatic carbocycles. The van der Waals surface area contributed by atoms with Gasteiger partial charge in [-0.05, 0) is 86.6 Å². The summed E-state index contributed by atoms with van der Waals surface area (Å²) < 4.78 is 21.0. The first-order valence-electron chi connectivity index (χ1n) is 22.7. The molecule has 0 aromatic heterocycles. The lowest BCUT2D eigenvalue weighted by molar-refractivity contribution is -0.437. The first-order valence-corrected chi connectivity index (χ1v) is 22.7. The lowest BCUT2D eigenvalue weighted by Crippen LogP contribution is -2.43. The van der Waals surface area contributed by atoms with Crippen molar-refractivity contribution in [1.29, 1.82) is 0 Å². The molecule has 0 saturated carbocycles. The second-order valence-electron chi connectivity index (χ2n) is 17.9. The molecule has 0 spiro atoms. The minimum Gasteiger partial charge on any atom is -0.481 e. The Balaban J connectivity index is 1.33. The van der Waals surface area contributed by atoms with E-state index in [1.807, 2.05) is 0 Å². The number of fused-ring (bicyclic) bond motifs is 2. The van der Waals surface area contributed by atoms with Gasteiger partial charge in [0.15, 0.2) is 12.3 Å². The fourth-order valence-electron chi connectivity index (χ4n) is 9.57. The van der Waals surface area contributed by atoms with Crippen molar-refractivity contribution in [3.63, 3.8) is 0 Å². The smallest absolute Gasteiger partial charge is 0.323 e. The maximum atomic E-state index is 13.3. The normalized spacial score (nSPS) is 19.1. The second-order valence-corrected chi connectivity index (χ2v) is 17.9. The van der Waals surface area contributed by atoms with E-state index in [0.29, 0.717) is 37.8 Å².